The van der Waals surface area contributed by atoms with E-state index in [1.165, 1.54) is 49.6 Å². The lowest BCUT2D eigenvalue weighted by molar-refractivity contribution is -0.137. The molecule has 0 unspecified atom stereocenters. The van der Waals surface area contributed by atoms with E-state index in [1.807, 2.05) is 0 Å². The molecule has 0 spiro atoms. The SMILES string of the molecule is C=CC(=O)OCCCCOc1ccc(C(=O)Oc2ccc(C(=O)Oc3ccc(B(O)O)cc3)cc2OC)cc1. The first-order valence-corrected chi connectivity index (χ1v) is 11.9. The summed E-state index contributed by atoms with van der Waals surface area (Å²) in [6, 6.07) is 16.3. The number of carbonyl (C=O) groups is 3. The van der Waals surface area contributed by atoms with Crippen molar-refractivity contribution in [3.63, 3.8) is 0 Å². The minimum absolute atomic E-state index is 0.109. The van der Waals surface area contributed by atoms with Crippen LogP contribution in [0.25, 0.3) is 0 Å². The number of unbranched alkanes of at least 4 members (excludes halogenated alkanes) is 1. The first-order valence-electron chi connectivity index (χ1n) is 11.9. The van der Waals surface area contributed by atoms with Crippen LogP contribution in [0.5, 0.6) is 23.0 Å². The summed E-state index contributed by atoms with van der Waals surface area (Å²) in [5, 5.41) is 18.3. The zero-order chi connectivity index (χ0) is 28.2. The molecule has 39 heavy (non-hydrogen) atoms. The third-order valence-corrected chi connectivity index (χ3v) is 5.30. The van der Waals surface area contributed by atoms with Crippen LogP contribution in [0.15, 0.2) is 79.4 Å². The molecule has 0 amide bonds. The number of rotatable bonds is 13. The van der Waals surface area contributed by atoms with E-state index in [0.717, 1.165) is 6.08 Å². The van der Waals surface area contributed by atoms with Gasteiger partial charge in [-0.25, -0.2) is 14.4 Å². The Morgan fingerprint density at radius 1 is 0.795 bits per heavy atom. The molecule has 3 aromatic rings. The fourth-order valence-electron chi connectivity index (χ4n) is 3.22. The Balaban J connectivity index is 1.53. The first-order chi connectivity index (χ1) is 18.8. The maximum atomic E-state index is 12.6. The maximum Gasteiger partial charge on any atom is 0.488 e. The van der Waals surface area contributed by atoms with Crippen LogP contribution in [0.4, 0.5) is 0 Å². The van der Waals surface area contributed by atoms with E-state index in [0.29, 0.717) is 25.2 Å². The van der Waals surface area contributed by atoms with Crippen LogP contribution in [-0.4, -0.2) is 55.4 Å². The third kappa shape index (κ3) is 8.73. The van der Waals surface area contributed by atoms with E-state index >= 15 is 0 Å². The molecule has 0 saturated heterocycles. The van der Waals surface area contributed by atoms with E-state index in [2.05, 4.69) is 6.58 Å². The summed E-state index contributed by atoms with van der Waals surface area (Å²) in [6.45, 7) is 4.03. The number of hydrogen-bond acceptors (Lipinski definition) is 10. The van der Waals surface area contributed by atoms with Gasteiger partial charge in [-0.15, -0.1) is 0 Å². The van der Waals surface area contributed by atoms with Gasteiger partial charge in [0.1, 0.15) is 11.5 Å². The van der Waals surface area contributed by atoms with E-state index in [-0.39, 0.29) is 40.4 Å². The van der Waals surface area contributed by atoms with Gasteiger partial charge in [-0.3, -0.25) is 0 Å². The average molecular weight is 534 g/mol. The molecule has 3 aromatic carbocycles. The van der Waals surface area contributed by atoms with Crippen molar-refractivity contribution >= 4 is 30.5 Å². The molecule has 0 heterocycles. The van der Waals surface area contributed by atoms with E-state index in [1.54, 1.807) is 24.3 Å². The van der Waals surface area contributed by atoms with Gasteiger partial charge >= 0.3 is 25.0 Å². The Morgan fingerprint density at radius 3 is 2.05 bits per heavy atom. The van der Waals surface area contributed by atoms with Crippen LogP contribution in [0.2, 0.25) is 0 Å². The van der Waals surface area contributed by atoms with Gasteiger partial charge in [0.05, 0.1) is 31.5 Å². The number of carbonyl (C=O) groups excluding carboxylic acids is 3. The quantitative estimate of drug-likeness (QED) is 0.111. The highest BCUT2D eigenvalue weighted by Crippen LogP contribution is 2.29. The van der Waals surface area contributed by atoms with E-state index < -0.39 is 25.0 Å². The molecule has 0 aliphatic rings. The zero-order valence-electron chi connectivity index (χ0n) is 21.2. The standard InChI is InChI=1S/C28H27BO10/c1-3-26(30)37-17-5-4-16-36-22-11-6-19(7-12-22)27(31)39-24-15-8-20(18-25(24)35-2)28(32)38-23-13-9-21(10-14-23)29(33)34/h3,6-15,18,33-34H,1,4-5,16-17H2,2H3. The summed E-state index contributed by atoms with van der Waals surface area (Å²) in [4.78, 5) is 36.2. The third-order valence-electron chi connectivity index (χ3n) is 5.30. The molecule has 202 valence electrons. The smallest absolute Gasteiger partial charge is 0.488 e. The second-order valence-electron chi connectivity index (χ2n) is 8.04. The molecule has 0 atom stereocenters. The lowest BCUT2D eigenvalue weighted by Gasteiger charge is -2.12. The van der Waals surface area contributed by atoms with Gasteiger partial charge in [-0.2, -0.15) is 0 Å². The number of esters is 3. The van der Waals surface area contributed by atoms with Crippen LogP contribution in [0.3, 0.4) is 0 Å². The molecule has 0 fully saturated rings. The van der Waals surface area contributed by atoms with Gasteiger partial charge in [0.25, 0.3) is 0 Å². The van der Waals surface area contributed by atoms with Gasteiger partial charge in [-0.1, -0.05) is 18.7 Å². The first kappa shape index (κ1) is 29.0. The van der Waals surface area contributed by atoms with Crippen molar-refractivity contribution < 1.29 is 48.1 Å². The van der Waals surface area contributed by atoms with E-state index in [4.69, 9.17) is 33.7 Å². The summed E-state index contributed by atoms with van der Waals surface area (Å²) in [6.07, 6.45) is 2.43. The van der Waals surface area contributed by atoms with Crippen LogP contribution in [0.1, 0.15) is 33.6 Å². The zero-order valence-corrected chi connectivity index (χ0v) is 21.2. The van der Waals surface area contributed by atoms with Crippen LogP contribution < -0.4 is 24.4 Å². The second kappa shape index (κ2) is 14.4. The summed E-state index contributed by atoms with van der Waals surface area (Å²) in [5.74, 6) is -0.744. The van der Waals surface area contributed by atoms with Crippen molar-refractivity contribution in [1.29, 1.82) is 0 Å². The highest BCUT2D eigenvalue weighted by Gasteiger charge is 2.17. The number of ether oxygens (including phenoxy) is 5. The van der Waals surface area contributed by atoms with Gasteiger partial charge in [-0.05, 0) is 72.9 Å². The molecule has 3 rings (SSSR count). The Labute approximate surface area is 225 Å². The van der Waals surface area contributed by atoms with Gasteiger partial charge < -0.3 is 33.7 Å². The predicted octanol–water partition coefficient (Wildman–Crippen LogP) is 2.70. The Hall–Kier alpha value is -4.61. The van der Waals surface area contributed by atoms with Gasteiger partial charge in [0.15, 0.2) is 11.5 Å². The Bertz CT molecular complexity index is 1290. The molecule has 2 N–H and O–H groups in total. The van der Waals surface area contributed by atoms with Gasteiger partial charge in [0, 0.05) is 6.08 Å². The molecule has 0 bridgehead atoms. The number of hydrogen-bond donors (Lipinski definition) is 2. The maximum absolute atomic E-state index is 12.6. The van der Waals surface area contributed by atoms with E-state index in [9.17, 15) is 14.4 Å². The number of benzene rings is 3. The molecular formula is C28H27BO10. The normalized spacial score (nSPS) is 10.2. The molecule has 11 heteroatoms. The van der Waals surface area contributed by atoms with Crippen molar-refractivity contribution in [3.8, 4) is 23.0 Å². The van der Waals surface area contributed by atoms with Crippen LogP contribution >= 0.6 is 0 Å². The van der Waals surface area contributed by atoms with Crippen LogP contribution in [0, 0.1) is 0 Å². The fourth-order valence-corrected chi connectivity index (χ4v) is 3.22. The van der Waals surface area contributed by atoms with Crippen molar-refractivity contribution in [2.75, 3.05) is 20.3 Å². The minimum atomic E-state index is -1.63. The predicted molar refractivity (Wildman–Crippen MR) is 142 cm³/mol. The summed E-state index contributed by atoms with van der Waals surface area (Å²) < 4.78 is 26.5. The van der Waals surface area contributed by atoms with Crippen molar-refractivity contribution in [1.82, 2.24) is 0 Å². The summed E-state index contributed by atoms with van der Waals surface area (Å²) in [7, 11) is -0.255. The lowest BCUT2D eigenvalue weighted by Crippen LogP contribution is -2.29. The molecule has 0 aliphatic carbocycles. The fraction of sp³-hybridized carbons (Fsp3) is 0.179. The number of methoxy groups -OCH3 is 1. The summed E-state index contributed by atoms with van der Waals surface area (Å²) in [5.41, 5.74) is 0.685. The lowest BCUT2D eigenvalue weighted by atomic mass is 9.80. The van der Waals surface area contributed by atoms with Crippen molar-refractivity contribution in [3.05, 3.63) is 90.5 Å². The van der Waals surface area contributed by atoms with Crippen molar-refractivity contribution in [2.45, 2.75) is 12.8 Å². The molecule has 0 radical (unpaired) electrons. The Kier molecular flexibility index (Phi) is 10.7. The highest BCUT2D eigenvalue weighted by molar-refractivity contribution is 6.58. The molecule has 0 saturated carbocycles. The molecular weight excluding hydrogens is 507 g/mol. The molecule has 10 nitrogen and oxygen atoms in total. The average Bonchev–Trinajstić information content (AvgIpc) is 2.95. The Morgan fingerprint density at radius 2 is 1.41 bits per heavy atom. The highest BCUT2D eigenvalue weighted by atomic mass is 16.6. The van der Waals surface area contributed by atoms with Crippen LogP contribution in [-0.2, 0) is 9.53 Å². The summed E-state index contributed by atoms with van der Waals surface area (Å²) >= 11 is 0. The topological polar surface area (TPSA) is 138 Å². The monoisotopic (exact) mass is 534 g/mol. The molecule has 0 aliphatic heterocycles. The second-order valence-corrected chi connectivity index (χ2v) is 8.04. The largest absolute Gasteiger partial charge is 0.494 e. The van der Waals surface area contributed by atoms with Gasteiger partial charge in [0.2, 0.25) is 0 Å². The minimum Gasteiger partial charge on any atom is -0.494 e. The molecule has 0 aromatic heterocycles. The van der Waals surface area contributed by atoms with Crippen molar-refractivity contribution in [2.24, 2.45) is 0 Å².